The number of nitrogens with one attached hydrogen (secondary N) is 1. The number of rotatable bonds is 3. The van der Waals surface area contributed by atoms with Crippen molar-refractivity contribution in [2.75, 3.05) is 12.4 Å². The molecule has 1 aliphatic carbocycles. The zero-order chi connectivity index (χ0) is 12.1. The topological polar surface area (TPSA) is 67.3 Å². The first-order valence-electron chi connectivity index (χ1n) is 6.10. The molecule has 1 aromatic heterocycles. The molecule has 2 rings (SSSR count). The van der Waals surface area contributed by atoms with Crippen molar-refractivity contribution in [3.8, 4) is 5.88 Å². The third kappa shape index (κ3) is 3.30. The van der Waals surface area contributed by atoms with E-state index in [4.69, 9.17) is 4.74 Å². The molecule has 0 saturated heterocycles. The normalized spacial score (nSPS) is 25.1. The zero-order valence-electron chi connectivity index (χ0n) is 10.1. The Labute approximate surface area is 101 Å². The van der Waals surface area contributed by atoms with Gasteiger partial charge in [-0.1, -0.05) is 19.3 Å². The molecule has 0 radical (unpaired) electrons. The van der Waals surface area contributed by atoms with E-state index in [1.807, 2.05) is 0 Å². The van der Waals surface area contributed by atoms with E-state index < -0.39 is 0 Å². The van der Waals surface area contributed by atoms with Gasteiger partial charge in [-0.3, -0.25) is 0 Å². The van der Waals surface area contributed by atoms with Crippen molar-refractivity contribution in [1.82, 2.24) is 9.97 Å². The molecule has 0 aromatic carbocycles. The Morgan fingerprint density at radius 3 is 2.94 bits per heavy atom. The lowest BCUT2D eigenvalue weighted by atomic mass is 10.1. The van der Waals surface area contributed by atoms with E-state index >= 15 is 0 Å². The van der Waals surface area contributed by atoms with Gasteiger partial charge in [-0.25, -0.2) is 9.97 Å². The number of nitrogens with zero attached hydrogens (tertiary/aromatic N) is 2. The van der Waals surface area contributed by atoms with Crippen LogP contribution >= 0.6 is 0 Å². The molecule has 1 saturated carbocycles. The first-order chi connectivity index (χ1) is 8.29. The van der Waals surface area contributed by atoms with Crippen molar-refractivity contribution >= 4 is 5.82 Å². The summed E-state index contributed by atoms with van der Waals surface area (Å²) in [5, 5.41) is 13.3. The summed E-state index contributed by atoms with van der Waals surface area (Å²) in [4.78, 5) is 8.09. The van der Waals surface area contributed by atoms with Crippen LogP contribution in [0.1, 0.15) is 32.1 Å². The highest BCUT2D eigenvalue weighted by Crippen LogP contribution is 2.21. The summed E-state index contributed by atoms with van der Waals surface area (Å²) in [6, 6.07) is 1.83. The van der Waals surface area contributed by atoms with Crippen LogP contribution in [-0.2, 0) is 0 Å². The summed E-state index contributed by atoms with van der Waals surface area (Å²) in [5.74, 6) is 1.24. The predicted octanol–water partition coefficient (Wildman–Crippen LogP) is 1.59. The molecule has 5 heteroatoms. The van der Waals surface area contributed by atoms with Gasteiger partial charge in [0.05, 0.1) is 19.3 Å². The van der Waals surface area contributed by atoms with Gasteiger partial charge in [0, 0.05) is 6.07 Å². The standard InChI is InChI=1S/C12H19N3O2/c1-17-12-7-11(13-8-14-12)15-9-5-3-2-4-6-10(9)16/h7-10,16H,2-6H2,1H3,(H,13,14,15). The van der Waals surface area contributed by atoms with Crippen LogP contribution in [0.4, 0.5) is 5.82 Å². The Morgan fingerprint density at radius 1 is 1.29 bits per heavy atom. The monoisotopic (exact) mass is 237 g/mol. The first-order valence-corrected chi connectivity index (χ1v) is 6.10. The molecule has 2 N–H and O–H groups in total. The van der Waals surface area contributed by atoms with Crippen molar-refractivity contribution in [3.05, 3.63) is 12.4 Å². The molecule has 0 amide bonds. The number of aromatic nitrogens is 2. The Hall–Kier alpha value is -1.36. The van der Waals surface area contributed by atoms with Crippen LogP contribution in [0.3, 0.4) is 0 Å². The van der Waals surface area contributed by atoms with Crippen LogP contribution in [0, 0.1) is 0 Å². The van der Waals surface area contributed by atoms with Crippen LogP contribution in [0.5, 0.6) is 5.88 Å². The molecule has 1 fully saturated rings. The number of aliphatic hydroxyl groups excluding tert-OH is 1. The van der Waals surface area contributed by atoms with Crippen LogP contribution in [-0.4, -0.2) is 34.3 Å². The fourth-order valence-electron chi connectivity index (χ4n) is 2.18. The maximum absolute atomic E-state index is 10.00. The summed E-state index contributed by atoms with van der Waals surface area (Å²) in [7, 11) is 1.58. The summed E-state index contributed by atoms with van der Waals surface area (Å²) >= 11 is 0. The molecule has 1 aromatic rings. The van der Waals surface area contributed by atoms with Gasteiger partial charge in [-0.05, 0) is 12.8 Å². The molecule has 0 spiro atoms. The molecule has 1 aliphatic rings. The number of hydrogen-bond donors (Lipinski definition) is 2. The minimum atomic E-state index is -0.293. The van der Waals surface area contributed by atoms with Crippen LogP contribution < -0.4 is 10.1 Å². The van der Waals surface area contributed by atoms with Gasteiger partial charge in [-0.2, -0.15) is 0 Å². The zero-order valence-corrected chi connectivity index (χ0v) is 10.1. The molecule has 2 atom stereocenters. The van der Waals surface area contributed by atoms with E-state index in [2.05, 4.69) is 15.3 Å². The summed E-state index contributed by atoms with van der Waals surface area (Å²) in [6.45, 7) is 0. The molecule has 1 heterocycles. The minimum absolute atomic E-state index is 0.0807. The third-order valence-electron chi connectivity index (χ3n) is 3.16. The van der Waals surface area contributed by atoms with Crippen LogP contribution in [0.2, 0.25) is 0 Å². The molecular formula is C12H19N3O2. The highest BCUT2D eigenvalue weighted by atomic mass is 16.5. The van der Waals surface area contributed by atoms with Gasteiger partial charge in [0.1, 0.15) is 12.1 Å². The molecule has 94 valence electrons. The lowest BCUT2D eigenvalue weighted by Crippen LogP contribution is -2.32. The van der Waals surface area contributed by atoms with Crippen molar-refractivity contribution in [2.24, 2.45) is 0 Å². The lowest BCUT2D eigenvalue weighted by Gasteiger charge is -2.22. The van der Waals surface area contributed by atoms with Crippen molar-refractivity contribution in [2.45, 2.75) is 44.2 Å². The predicted molar refractivity (Wildman–Crippen MR) is 65.1 cm³/mol. The largest absolute Gasteiger partial charge is 0.481 e. The minimum Gasteiger partial charge on any atom is -0.481 e. The number of anilines is 1. The molecule has 2 unspecified atom stereocenters. The number of aliphatic hydroxyl groups is 1. The van der Waals surface area contributed by atoms with Crippen molar-refractivity contribution < 1.29 is 9.84 Å². The van der Waals surface area contributed by atoms with Gasteiger partial charge in [-0.15, -0.1) is 0 Å². The molecule has 5 nitrogen and oxygen atoms in total. The highest BCUT2D eigenvalue weighted by Gasteiger charge is 2.21. The Bertz CT molecular complexity index is 359. The average Bonchev–Trinajstić information content (AvgIpc) is 2.55. The van der Waals surface area contributed by atoms with E-state index in [1.54, 1.807) is 13.2 Å². The fraction of sp³-hybridized carbons (Fsp3) is 0.667. The van der Waals surface area contributed by atoms with Crippen LogP contribution in [0.25, 0.3) is 0 Å². The van der Waals surface area contributed by atoms with Gasteiger partial charge >= 0.3 is 0 Å². The Kier molecular flexibility index (Phi) is 4.14. The first kappa shape index (κ1) is 12.1. The Balaban J connectivity index is 2.02. The lowest BCUT2D eigenvalue weighted by molar-refractivity contribution is 0.144. The van der Waals surface area contributed by atoms with E-state index in [9.17, 15) is 5.11 Å². The van der Waals surface area contributed by atoms with Gasteiger partial charge in [0.15, 0.2) is 0 Å². The van der Waals surface area contributed by atoms with E-state index in [1.165, 1.54) is 12.7 Å². The summed E-state index contributed by atoms with van der Waals surface area (Å²) < 4.78 is 5.04. The van der Waals surface area contributed by atoms with E-state index in [0.29, 0.717) is 11.7 Å². The maximum atomic E-state index is 10.00. The van der Waals surface area contributed by atoms with Crippen LogP contribution in [0.15, 0.2) is 12.4 Å². The third-order valence-corrected chi connectivity index (χ3v) is 3.16. The van der Waals surface area contributed by atoms with Crippen molar-refractivity contribution in [3.63, 3.8) is 0 Å². The molecular weight excluding hydrogens is 218 g/mol. The van der Waals surface area contributed by atoms with E-state index in [-0.39, 0.29) is 12.1 Å². The van der Waals surface area contributed by atoms with Crippen molar-refractivity contribution in [1.29, 1.82) is 0 Å². The molecule has 0 bridgehead atoms. The Morgan fingerprint density at radius 2 is 2.12 bits per heavy atom. The van der Waals surface area contributed by atoms with Gasteiger partial charge in [0.25, 0.3) is 0 Å². The second kappa shape index (κ2) is 5.82. The average molecular weight is 237 g/mol. The summed E-state index contributed by atoms with van der Waals surface area (Å²) in [6.07, 6.45) is 6.46. The van der Waals surface area contributed by atoms with Gasteiger partial charge in [0.2, 0.25) is 5.88 Å². The second-order valence-corrected chi connectivity index (χ2v) is 4.40. The fourth-order valence-corrected chi connectivity index (χ4v) is 2.18. The van der Waals surface area contributed by atoms with E-state index in [0.717, 1.165) is 25.7 Å². The number of hydrogen-bond acceptors (Lipinski definition) is 5. The number of ether oxygens (including phenoxy) is 1. The smallest absolute Gasteiger partial charge is 0.218 e. The summed E-state index contributed by atoms with van der Waals surface area (Å²) in [5.41, 5.74) is 0. The second-order valence-electron chi connectivity index (χ2n) is 4.40. The number of methoxy groups -OCH3 is 1. The molecule has 17 heavy (non-hydrogen) atoms. The SMILES string of the molecule is COc1cc(NC2CCCCCC2O)ncn1. The molecule has 0 aliphatic heterocycles. The quantitative estimate of drug-likeness (QED) is 0.781. The maximum Gasteiger partial charge on any atom is 0.218 e. The van der Waals surface area contributed by atoms with Gasteiger partial charge < -0.3 is 15.2 Å². The highest BCUT2D eigenvalue weighted by molar-refractivity contribution is 5.38.